The minimum absolute atomic E-state index is 0.229. The average Bonchev–Trinajstić information content (AvgIpc) is 2.54. The van der Waals surface area contributed by atoms with Gasteiger partial charge in [0, 0.05) is 0 Å². The molecule has 0 fully saturated rings. The first kappa shape index (κ1) is 22.9. The molecule has 2 unspecified atom stereocenters. The Bertz CT molecular complexity index is 366. The van der Waals surface area contributed by atoms with E-state index in [4.69, 9.17) is 4.89 Å². The minimum atomic E-state index is -1.34. The number of carbonyl (C=O) groups excluding carboxylic acids is 2. The highest BCUT2D eigenvalue weighted by Crippen LogP contribution is 2.28. The monoisotopic (exact) mass is 345 g/mol. The molecule has 0 radical (unpaired) electrons. The van der Waals surface area contributed by atoms with E-state index in [0.29, 0.717) is 25.9 Å². The zero-order valence-electron chi connectivity index (χ0n) is 16.0. The molecule has 24 heavy (non-hydrogen) atoms. The molecular formula is C18H35NO5. The maximum Gasteiger partial charge on any atom is 0.362 e. The molecule has 0 heterocycles. The van der Waals surface area contributed by atoms with Crippen molar-refractivity contribution in [2.24, 2.45) is 5.92 Å². The number of carbonyl (C=O) groups is 2. The molecule has 0 aromatic carbocycles. The molecule has 0 saturated heterocycles. The lowest BCUT2D eigenvalue weighted by Gasteiger charge is -2.40. The Morgan fingerprint density at radius 1 is 1.00 bits per heavy atom. The summed E-state index contributed by atoms with van der Waals surface area (Å²) >= 11 is 0. The predicted molar refractivity (Wildman–Crippen MR) is 92.9 cm³/mol. The van der Waals surface area contributed by atoms with Crippen LogP contribution in [0.1, 0.15) is 79.6 Å². The van der Waals surface area contributed by atoms with E-state index < -0.39 is 23.6 Å². The SMILES string of the molecule is CCCCCC(=O)OOC(=O)C(CCCC)C(C)(O)N(CC)CC. The Hall–Kier alpha value is -1.14. The van der Waals surface area contributed by atoms with Crippen LogP contribution in [0.3, 0.4) is 0 Å². The van der Waals surface area contributed by atoms with Gasteiger partial charge in [-0.3, -0.25) is 4.90 Å². The first-order valence-electron chi connectivity index (χ1n) is 9.23. The van der Waals surface area contributed by atoms with Crippen LogP contribution in [0.5, 0.6) is 0 Å². The Labute approximate surface area is 146 Å². The number of hydrogen-bond donors (Lipinski definition) is 1. The molecule has 0 aromatic heterocycles. The lowest BCUT2D eigenvalue weighted by molar-refractivity contribution is -0.270. The second-order valence-corrected chi connectivity index (χ2v) is 6.28. The molecular weight excluding hydrogens is 310 g/mol. The Morgan fingerprint density at radius 3 is 2.08 bits per heavy atom. The first-order valence-corrected chi connectivity index (χ1v) is 9.23. The van der Waals surface area contributed by atoms with Gasteiger partial charge in [0.15, 0.2) is 0 Å². The largest absolute Gasteiger partial charge is 0.375 e. The fourth-order valence-corrected chi connectivity index (χ4v) is 2.81. The van der Waals surface area contributed by atoms with Crippen molar-refractivity contribution < 1.29 is 24.5 Å². The number of nitrogens with zero attached hydrogens (tertiary/aromatic N) is 1. The van der Waals surface area contributed by atoms with Crippen LogP contribution in [0.15, 0.2) is 0 Å². The van der Waals surface area contributed by atoms with Crippen LogP contribution >= 0.6 is 0 Å². The molecule has 6 heteroatoms. The van der Waals surface area contributed by atoms with Crippen LogP contribution < -0.4 is 0 Å². The molecule has 0 aliphatic rings. The maximum atomic E-state index is 12.4. The summed E-state index contributed by atoms with van der Waals surface area (Å²) in [6, 6.07) is 0. The molecule has 0 rings (SSSR count). The molecule has 0 aliphatic heterocycles. The lowest BCUT2D eigenvalue weighted by atomic mass is 9.90. The van der Waals surface area contributed by atoms with Gasteiger partial charge in [0.05, 0.1) is 6.42 Å². The van der Waals surface area contributed by atoms with E-state index in [-0.39, 0.29) is 6.42 Å². The Morgan fingerprint density at radius 2 is 1.58 bits per heavy atom. The van der Waals surface area contributed by atoms with E-state index in [2.05, 4.69) is 4.89 Å². The third-order valence-corrected chi connectivity index (χ3v) is 4.40. The summed E-state index contributed by atoms with van der Waals surface area (Å²) in [5.74, 6) is -2.00. The van der Waals surface area contributed by atoms with E-state index in [9.17, 15) is 14.7 Å². The van der Waals surface area contributed by atoms with Gasteiger partial charge in [0.25, 0.3) is 0 Å². The zero-order chi connectivity index (χ0) is 18.6. The highest BCUT2D eigenvalue weighted by Gasteiger charge is 2.42. The van der Waals surface area contributed by atoms with Crippen molar-refractivity contribution in [1.82, 2.24) is 4.90 Å². The Kier molecular flexibility index (Phi) is 11.7. The minimum Gasteiger partial charge on any atom is -0.375 e. The van der Waals surface area contributed by atoms with Crippen LogP contribution in [0.4, 0.5) is 0 Å². The van der Waals surface area contributed by atoms with Gasteiger partial charge in [0.2, 0.25) is 0 Å². The number of unbranched alkanes of at least 4 members (excludes halogenated alkanes) is 3. The van der Waals surface area contributed by atoms with Gasteiger partial charge >= 0.3 is 11.9 Å². The smallest absolute Gasteiger partial charge is 0.362 e. The molecule has 0 saturated carbocycles. The van der Waals surface area contributed by atoms with Gasteiger partial charge in [-0.2, -0.15) is 0 Å². The molecule has 0 aromatic rings. The molecule has 0 aliphatic carbocycles. The van der Waals surface area contributed by atoms with Crippen LogP contribution in [0.2, 0.25) is 0 Å². The molecule has 0 amide bonds. The second kappa shape index (κ2) is 12.3. The number of rotatable bonds is 12. The van der Waals surface area contributed by atoms with Crippen molar-refractivity contribution in [1.29, 1.82) is 0 Å². The molecule has 0 bridgehead atoms. The topological polar surface area (TPSA) is 76.1 Å². The van der Waals surface area contributed by atoms with Crippen LogP contribution in [-0.2, 0) is 19.4 Å². The van der Waals surface area contributed by atoms with Gasteiger partial charge in [-0.05, 0) is 32.9 Å². The molecule has 2 atom stereocenters. The third-order valence-electron chi connectivity index (χ3n) is 4.40. The van der Waals surface area contributed by atoms with E-state index >= 15 is 0 Å². The summed E-state index contributed by atoms with van der Waals surface area (Å²) in [6.07, 6.45) is 5.02. The van der Waals surface area contributed by atoms with Crippen molar-refractivity contribution >= 4 is 11.9 Å². The predicted octanol–water partition coefficient (Wildman–Crippen LogP) is 3.42. The van der Waals surface area contributed by atoms with Crippen molar-refractivity contribution in [3.8, 4) is 0 Å². The van der Waals surface area contributed by atoms with E-state index in [1.54, 1.807) is 11.8 Å². The molecule has 142 valence electrons. The van der Waals surface area contributed by atoms with Crippen molar-refractivity contribution in [2.45, 2.75) is 85.3 Å². The van der Waals surface area contributed by atoms with Gasteiger partial charge in [-0.1, -0.05) is 53.4 Å². The van der Waals surface area contributed by atoms with Gasteiger partial charge < -0.3 is 5.11 Å². The summed E-state index contributed by atoms with van der Waals surface area (Å²) < 4.78 is 0. The van der Waals surface area contributed by atoms with Gasteiger partial charge in [-0.15, -0.1) is 0 Å². The summed E-state index contributed by atoms with van der Waals surface area (Å²) in [6.45, 7) is 10.7. The van der Waals surface area contributed by atoms with Crippen LogP contribution in [-0.4, -0.2) is 40.8 Å². The summed E-state index contributed by atoms with van der Waals surface area (Å²) in [5.41, 5.74) is -1.34. The van der Waals surface area contributed by atoms with Crippen molar-refractivity contribution in [3.05, 3.63) is 0 Å². The third kappa shape index (κ3) is 7.62. The molecule has 6 nitrogen and oxygen atoms in total. The standard InChI is InChI=1S/C18H35NO5/c1-6-10-12-14-16(20)23-24-17(21)15(13-11-7-2)18(5,22)19(8-3)9-4/h15,22H,6-14H2,1-5H3. The zero-order valence-corrected chi connectivity index (χ0v) is 16.0. The summed E-state index contributed by atoms with van der Waals surface area (Å²) in [4.78, 5) is 35.1. The summed E-state index contributed by atoms with van der Waals surface area (Å²) in [5, 5.41) is 10.9. The van der Waals surface area contributed by atoms with Crippen LogP contribution in [0, 0.1) is 5.92 Å². The highest BCUT2D eigenvalue weighted by molar-refractivity contribution is 5.75. The van der Waals surface area contributed by atoms with Crippen molar-refractivity contribution in [2.75, 3.05) is 13.1 Å². The van der Waals surface area contributed by atoms with Crippen LogP contribution in [0.25, 0.3) is 0 Å². The maximum absolute atomic E-state index is 12.4. The van der Waals surface area contributed by atoms with Gasteiger partial charge in [-0.25, -0.2) is 19.4 Å². The van der Waals surface area contributed by atoms with E-state index in [1.807, 2.05) is 27.7 Å². The Balaban J connectivity index is 4.79. The molecule has 0 spiro atoms. The normalized spacial score (nSPS) is 15.0. The average molecular weight is 345 g/mol. The van der Waals surface area contributed by atoms with E-state index in [1.165, 1.54) is 0 Å². The molecule has 1 N–H and O–H groups in total. The van der Waals surface area contributed by atoms with Crippen molar-refractivity contribution in [3.63, 3.8) is 0 Å². The summed E-state index contributed by atoms with van der Waals surface area (Å²) in [7, 11) is 0. The highest BCUT2D eigenvalue weighted by atomic mass is 17.2. The fraction of sp³-hybridized carbons (Fsp3) is 0.889. The fourth-order valence-electron chi connectivity index (χ4n) is 2.81. The van der Waals surface area contributed by atoms with Gasteiger partial charge in [0.1, 0.15) is 11.6 Å². The first-order chi connectivity index (χ1) is 11.3. The lowest BCUT2D eigenvalue weighted by Crippen LogP contribution is -2.54. The number of aliphatic hydroxyl groups is 1. The second-order valence-electron chi connectivity index (χ2n) is 6.28. The number of hydrogen-bond acceptors (Lipinski definition) is 6. The van der Waals surface area contributed by atoms with E-state index in [0.717, 1.165) is 25.7 Å². The quantitative estimate of drug-likeness (QED) is 0.253.